The Morgan fingerprint density at radius 3 is 2.56 bits per heavy atom. The van der Waals surface area contributed by atoms with Gasteiger partial charge in [0.05, 0.1) is 16.6 Å². The van der Waals surface area contributed by atoms with Crippen molar-refractivity contribution in [1.82, 2.24) is 4.57 Å². The second-order valence-electron chi connectivity index (χ2n) is 6.97. The summed E-state index contributed by atoms with van der Waals surface area (Å²) in [5.41, 5.74) is 6.12. The number of aromatic nitrogens is 1. The van der Waals surface area contributed by atoms with E-state index in [9.17, 15) is 9.18 Å². The van der Waals surface area contributed by atoms with Crippen LogP contribution >= 0.6 is 0 Å². The highest BCUT2D eigenvalue weighted by Crippen LogP contribution is 2.40. The van der Waals surface area contributed by atoms with Crippen LogP contribution in [0.4, 0.5) is 20.2 Å². The van der Waals surface area contributed by atoms with Crippen LogP contribution < -0.4 is 16.5 Å². The lowest BCUT2D eigenvalue weighted by Gasteiger charge is -2.17. The second kappa shape index (κ2) is 7.02. The standard InChI is InChI=1S/C21H21F2N3O/c22-17-19(24)16-15(27)10-12-26(14-8-9-14)21(16)18(23)20(17)25-11-4-7-13-5-2-1-3-6-13/h1-3,5-6,10,12,14,25H,4,7-9,11,24H2. The molecule has 3 aromatic rings. The minimum atomic E-state index is -0.898. The fraction of sp³-hybridized carbons (Fsp3) is 0.286. The Bertz CT molecular complexity index is 1040. The van der Waals surface area contributed by atoms with Crippen LogP contribution in [0.2, 0.25) is 0 Å². The van der Waals surface area contributed by atoms with E-state index in [4.69, 9.17) is 5.73 Å². The maximum absolute atomic E-state index is 15.2. The number of nitrogens with one attached hydrogen (secondary N) is 1. The average molecular weight is 369 g/mol. The molecule has 140 valence electrons. The van der Waals surface area contributed by atoms with E-state index in [1.165, 1.54) is 11.6 Å². The predicted octanol–water partition coefficient (Wildman–Crippen LogP) is 4.24. The minimum Gasteiger partial charge on any atom is -0.396 e. The van der Waals surface area contributed by atoms with Crippen molar-refractivity contribution in [3.05, 3.63) is 70.0 Å². The Hall–Kier alpha value is -2.89. The minimum absolute atomic E-state index is 0.0748. The normalized spacial score (nSPS) is 13.9. The van der Waals surface area contributed by atoms with Crippen LogP contribution in [0.3, 0.4) is 0 Å². The summed E-state index contributed by atoms with van der Waals surface area (Å²) >= 11 is 0. The van der Waals surface area contributed by atoms with E-state index in [0.29, 0.717) is 13.0 Å². The zero-order chi connectivity index (χ0) is 19.0. The number of fused-ring (bicyclic) bond motifs is 1. The first-order valence-corrected chi connectivity index (χ1v) is 9.17. The zero-order valence-electron chi connectivity index (χ0n) is 14.8. The molecule has 0 amide bonds. The number of hydrogen-bond acceptors (Lipinski definition) is 3. The van der Waals surface area contributed by atoms with E-state index in [0.717, 1.165) is 19.3 Å². The van der Waals surface area contributed by atoms with Crippen LogP contribution in [0.5, 0.6) is 0 Å². The highest BCUT2D eigenvalue weighted by molar-refractivity contribution is 5.94. The van der Waals surface area contributed by atoms with Gasteiger partial charge in [-0.25, -0.2) is 8.78 Å². The molecule has 27 heavy (non-hydrogen) atoms. The molecule has 1 fully saturated rings. The van der Waals surface area contributed by atoms with Crippen molar-refractivity contribution in [2.45, 2.75) is 31.7 Å². The van der Waals surface area contributed by atoms with Gasteiger partial charge >= 0.3 is 0 Å². The van der Waals surface area contributed by atoms with Gasteiger partial charge in [0.2, 0.25) is 0 Å². The highest BCUT2D eigenvalue weighted by atomic mass is 19.1. The van der Waals surface area contributed by atoms with Gasteiger partial charge in [0, 0.05) is 24.8 Å². The first kappa shape index (κ1) is 17.5. The molecule has 1 aromatic heterocycles. The summed E-state index contributed by atoms with van der Waals surface area (Å²) in [4.78, 5) is 12.2. The molecule has 0 unspecified atom stereocenters. The summed E-state index contributed by atoms with van der Waals surface area (Å²) in [7, 11) is 0. The number of nitrogens with two attached hydrogens (primary N) is 1. The fourth-order valence-electron chi connectivity index (χ4n) is 3.46. The maximum Gasteiger partial charge on any atom is 0.191 e. The van der Waals surface area contributed by atoms with Gasteiger partial charge in [-0.2, -0.15) is 0 Å². The van der Waals surface area contributed by atoms with E-state index in [1.54, 1.807) is 10.8 Å². The van der Waals surface area contributed by atoms with Crippen molar-refractivity contribution in [3.63, 3.8) is 0 Å². The van der Waals surface area contributed by atoms with Crippen molar-refractivity contribution in [2.24, 2.45) is 0 Å². The van der Waals surface area contributed by atoms with Crippen molar-refractivity contribution in [1.29, 1.82) is 0 Å². The topological polar surface area (TPSA) is 60.0 Å². The molecule has 4 rings (SSSR count). The Kier molecular flexibility index (Phi) is 4.56. The molecule has 1 heterocycles. The molecule has 1 saturated carbocycles. The number of aryl methyl sites for hydroxylation is 1. The molecule has 0 radical (unpaired) electrons. The molecule has 0 aliphatic heterocycles. The van der Waals surface area contributed by atoms with E-state index < -0.39 is 17.1 Å². The summed E-state index contributed by atoms with van der Waals surface area (Å²) in [6.45, 7) is 0.397. The van der Waals surface area contributed by atoms with Crippen LogP contribution in [-0.2, 0) is 6.42 Å². The van der Waals surface area contributed by atoms with E-state index in [1.807, 2.05) is 30.3 Å². The average Bonchev–Trinajstić information content (AvgIpc) is 3.51. The Labute approximate surface area is 155 Å². The van der Waals surface area contributed by atoms with Crippen molar-refractivity contribution in [3.8, 4) is 0 Å². The van der Waals surface area contributed by atoms with E-state index in [2.05, 4.69) is 5.32 Å². The van der Waals surface area contributed by atoms with Crippen LogP contribution in [0, 0.1) is 11.6 Å². The van der Waals surface area contributed by atoms with Gasteiger partial charge in [-0.15, -0.1) is 0 Å². The van der Waals surface area contributed by atoms with Gasteiger partial charge < -0.3 is 15.6 Å². The van der Waals surface area contributed by atoms with Crippen molar-refractivity contribution >= 4 is 22.3 Å². The Balaban J connectivity index is 1.64. The largest absolute Gasteiger partial charge is 0.396 e. The number of rotatable bonds is 6. The van der Waals surface area contributed by atoms with Gasteiger partial charge in [0.25, 0.3) is 0 Å². The summed E-state index contributed by atoms with van der Waals surface area (Å²) < 4.78 is 31.6. The molecule has 3 N–H and O–H groups in total. The SMILES string of the molecule is Nc1c(F)c(NCCCc2ccccc2)c(F)c2c1c(=O)ccn2C1CC1. The zero-order valence-corrected chi connectivity index (χ0v) is 14.8. The van der Waals surface area contributed by atoms with Crippen LogP contribution in [0.15, 0.2) is 47.4 Å². The fourth-order valence-corrected chi connectivity index (χ4v) is 3.46. The summed E-state index contributed by atoms with van der Waals surface area (Å²) in [5.74, 6) is -1.65. The Morgan fingerprint density at radius 2 is 1.85 bits per heavy atom. The summed E-state index contributed by atoms with van der Waals surface area (Å²) in [5, 5.41) is 2.77. The molecule has 0 bridgehead atoms. The summed E-state index contributed by atoms with van der Waals surface area (Å²) in [6.07, 6.45) is 4.91. The monoisotopic (exact) mass is 369 g/mol. The number of anilines is 2. The molecule has 6 heteroatoms. The van der Waals surface area contributed by atoms with Gasteiger partial charge in [0.15, 0.2) is 17.1 Å². The third kappa shape index (κ3) is 3.27. The number of pyridine rings is 1. The molecule has 0 atom stereocenters. The number of hydrogen-bond donors (Lipinski definition) is 2. The van der Waals surface area contributed by atoms with Gasteiger partial charge in [-0.1, -0.05) is 30.3 Å². The van der Waals surface area contributed by atoms with Crippen LogP contribution in [-0.4, -0.2) is 11.1 Å². The highest BCUT2D eigenvalue weighted by Gasteiger charge is 2.29. The van der Waals surface area contributed by atoms with Crippen molar-refractivity contribution in [2.75, 3.05) is 17.6 Å². The lowest BCUT2D eigenvalue weighted by atomic mass is 10.1. The quantitative estimate of drug-likeness (QED) is 0.505. The smallest absolute Gasteiger partial charge is 0.191 e. The lowest BCUT2D eigenvalue weighted by Crippen LogP contribution is -2.15. The molecule has 0 saturated heterocycles. The van der Waals surface area contributed by atoms with E-state index >= 15 is 4.39 Å². The lowest BCUT2D eigenvalue weighted by molar-refractivity contribution is 0.590. The number of nitrogen functional groups attached to an aromatic ring is 1. The number of benzene rings is 2. The molecule has 1 aliphatic carbocycles. The molecule has 1 aliphatic rings. The van der Waals surface area contributed by atoms with Gasteiger partial charge in [-0.3, -0.25) is 4.79 Å². The van der Waals surface area contributed by atoms with Crippen molar-refractivity contribution < 1.29 is 8.78 Å². The first-order chi connectivity index (χ1) is 13.1. The third-order valence-electron chi connectivity index (χ3n) is 5.01. The molecule has 0 spiro atoms. The molecule has 4 nitrogen and oxygen atoms in total. The molecular formula is C21H21F2N3O. The third-order valence-corrected chi connectivity index (χ3v) is 5.01. The van der Waals surface area contributed by atoms with E-state index in [-0.39, 0.29) is 28.3 Å². The van der Waals surface area contributed by atoms with Crippen LogP contribution in [0.25, 0.3) is 10.9 Å². The number of nitrogens with zero attached hydrogens (tertiary/aromatic N) is 1. The van der Waals surface area contributed by atoms with Gasteiger partial charge in [0.1, 0.15) is 5.69 Å². The maximum atomic E-state index is 15.2. The van der Waals surface area contributed by atoms with Gasteiger partial charge in [-0.05, 0) is 31.2 Å². The number of halogens is 2. The molecular weight excluding hydrogens is 348 g/mol. The Morgan fingerprint density at radius 1 is 1.11 bits per heavy atom. The molecule has 2 aromatic carbocycles. The second-order valence-corrected chi connectivity index (χ2v) is 6.97. The predicted molar refractivity (Wildman–Crippen MR) is 104 cm³/mol. The first-order valence-electron chi connectivity index (χ1n) is 9.17. The van der Waals surface area contributed by atoms with Crippen LogP contribution in [0.1, 0.15) is 30.9 Å². The summed E-state index contributed by atoms with van der Waals surface area (Å²) in [6, 6.07) is 11.4.